The van der Waals surface area contributed by atoms with Gasteiger partial charge in [0.05, 0.1) is 4.90 Å². The number of nitrogens with zero attached hydrogens (tertiary/aromatic N) is 2. The van der Waals surface area contributed by atoms with Crippen molar-refractivity contribution in [2.45, 2.75) is 4.90 Å². The SMILES string of the molecule is O=C1C(=NS(=O)(=O)c2ccccc2)C([n+]2ccc(Oc3ccccc3)cc2)=C([O-])c2ccccc21. The molecule has 0 saturated heterocycles. The van der Waals surface area contributed by atoms with Crippen LogP contribution in [0.3, 0.4) is 0 Å². The van der Waals surface area contributed by atoms with Crippen molar-refractivity contribution in [1.82, 2.24) is 0 Å². The number of carbonyl (C=O) groups excluding carboxylic acids is 1. The van der Waals surface area contributed by atoms with Crippen molar-refractivity contribution in [3.05, 3.63) is 121 Å². The van der Waals surface area contributed by atoms with Crippen molar-refractivity contribution in [2.75, 3.05) is 0 Å². The molecule has 172 valence electrons. The summed E-state index contributed by atoms with van der Waals surface area (Å²) in [7, 11) is -4.25. The predicted molar refractivity (Wildman–Crippen MR) is 128 cm³/mol. The Hall–Kier alpha value is -4.56. The van der Waals surface area contributed by atoms with Crippen molar-refractivity contribution in [3.8, 4) is 11.5 Å². The number of hydrogen-bond acceptors (Lipinski definition) is 5. The van der Waals surface area contributed by atoms with Crippen LogP contribution >= 0.6 is 0 Å². The fraction of sp³-hybridized carbons (Fsp3) is 0. The quantitative estimate of drug-likeness (QED) is 0.406. The molecular weight excluding hydrogens is 464 g/mol. The monoisotopic (exact) mass is 482 g/mol. The highest BCUT2D eigenvalue weighted by Crippen LogP contribution is 2.28. The van der Waals surface area contributed by atoms with Crippen LogP contribution in [0.25, 0.3) is 11.5 Å². The molecule has 0 spiro atoms. The fourth-order valence-electron chi connectivity index (χ4n) is 3.69. The number of Topliss-reactive ketones (excluding diaryl/α,β-unsaturated/α-hetero) is 1. The van der Waals surface area contributed by atoms with Gasteiger partial charge in [-0.2, -0.15) is 13.0 Å². The smallest absolute Gasteiger partial charge is 0.283 e. The number of benzene rings is 3. The number of ether oxygens (including phenoxy) is 1. The third-order valence-electron chi connectivity index (χ3n) is 5.36. The van der Waals surface area contributed by atoms with Crippen molar-refractivity contribution < 1.29 is 27.6 Å². The molecule has 0 saturated carbocycles. The standard InChI is InChI=1S/C27H18N2O5S/c30-26-22-13-7-8-14-23(22)27(31)25(24(26)28-35(32,33)21-11-5-2-6-12-21)29-17-15-20(16-18-29)34-19-9-3-1-4-10-19/h1-18H. The first-order valence-corrected chi connectivity index (χ1v) is 12.1. The predicted octanol–water partition coefficient (Wildman–Crippen LogP) is 3.48. The van der Waals surface area contributed by atoms with Gasteiger partial charge in [0, 0.05) is 17.7 Å². The second kappa shape index (κ2) is 9.00. The lowest BCUT2D eigenvalue weighted by atomic mass is 9.91. The summed E-state index contributed by atoms with van der Waals surface area (Å²) < 4.78 is 37.0. The highest BCUT2D eigenvalue weighted by Gasteiger charge is 2.35. The molecule has 0 bridgehead atoms. The Bertz CT molecular complexity index is 1580. The second-order valence-electron chi connectivity index (χ2n) is 7.64. The normalized spacial score (nSPS) is 14.6. The molecule has 8 heteroatoms. The molecule has 7 nitrogen and oxygen atoms in total. The Morgan fingerprint density at radius 1 is 0.714 bits per heavy atom. The molecular formula is C27H18N2O5S. The van der Waals surface area contributed by atoms with Crippen LogP contribution in [0.15, 0.2) is 119 Å². The molecule has 1 aliphatic carbocycles. The Kier molecular flexibility index (Phi) is 5.72. The molecule has 0 N–H and O–H groups in total. The Balaban J connectivity index is 1.63. The summed E-state index contributed by atoms with van der Waals surface area (Å²) in [6.07, 6.45) is 3.05. The molecule has 0 fully saturated rings. The first kappa shape index (κ1) is 22.2. The second-order valence-corrected chi connectivity index (χ2v) is 9.24. The lowest BCUT2D eigenvalue weighted by Gasteiger charge is -2.23. The van der Waals surface area contributed by atoms with E-state index in [-0.39, 0.29) is 21.7 Å². The van der Waals surface area contributed by atoms with E-state index in [2.05, 4.69) is 4.40 Å². The van der Waals surface area contributed by atoms with E-state index >= 15 is 0 Å². The van der Waals surface area contributed by atoms with Gasteiger partial charge in [-0.15, -0.1) is 4.40 Å². The number of hydrogen-bond donors (Lipinski definition) is 0. The van der Waals surface area contributed by atoms with E-state index < -0.39 is 27.3 Å². The average molecular weight is 483 g/mol. The van der Waals surface area contributed by atoms with Gasteiger partial charge >= 0.3 is 0 Å². The van der Waals surface area contributed by atoms with Crippen LogP contribution in [0.5, 0.6) is 11.5 Å². The number of para-hydroxylation sites is 1. The van der Waals surface area contributed by atoms with Crippen LogP contribution in [0, 0.1) is 0 Å². The third-order valence-corrected chi connectivity index (χ3v) is 6.65. The summed E-state index contributed by atoms with van der Waals surface area (Å²) in [5.41, 5.74) is -0.313. The van der Waals surface area contributed by atoms with Crippen LogP contribution in [0.2, 0.25) is 0 Å². The van der Waals surface area contributed by atoms with Gasteiger partial charge in [-0.25, -0.2) is 0 Å². The van der Waals surface area contributed by atoms with Crippen molar-refractivity contribution in [1.29, 1.82) is 0 Å². The average Bonchev–Trinajstić information content (AvgIpc) is 2.89. The largest absolute Gasteiger partial charge is 0.867 e. The summed E-state index contributed by atoms with van der Waals surface area (Å²) in [4.78, 5) is 13.3. The lowest BCUT2D eigenvalue weighted by molar-refractivity contribution is -0.577. The van der Waals surface area contributed by atoms with Crippen LogP contribution < -0.4 is 14.4 Å². The van der Waals surface area contributed by atoms with E-state index in [0.717, 1.165) is 0 Å². The van der Waals surface area contributed by atoms with Gasteiger partial charge in [-0.1, -0.05) is 60.7 Å². The van der Waals surface area contributed by atoms with Crippen LogP contribution in [0.1, 0.15) is 15.9 Å². The van der Waals surface area contributed by atoms with E-state index in [0.29, 0.717) is 11.5 Å². The molecule has 1 aromatic heterocycles. The first-order valence-electron chi connectivity index (χ1n) is 10.6. The van der Waals surface area contributed by atoms with Crippen LogP contribution in [-0.2, 0) is 10.0 Å². The molecule has 0 radical (unpaired) electrons. The third kappa shape index (κ3) is 4.34. The number of carbonyl (C=O) groups is 1. The minimum absolute atomic E-state index is 0.0810. The van der Waals surface area contributed by atoms with Crippen LogP contribution in [-0.4, -0.2) is 19.9 Å². The molecule has 0 unspecified atom stereocenters. The van der Waals surface area contributed by atoms with Gasteiger partial charge in [0.1, 0.15) is 11.5 Å². The van der Waals surface area contributed by atoms with E-state index in [4.69, 9.17) is 4.74 Å². The number of allylic oxidation sites excluding steroid dienone is 1. The zero-order valence-corrected chi connectivity index (χ0v) is 19.1. The summed E-state index contributed by atoms with van der Waals surface area (Å²) in [6.45, 7) is 0. The molecule has 1 aliphatic rings. The van der Waals surface area contributed by atoms with Gasteiger partial charge in [0.25, 0.3) is 10.0 Å². The summed E-state index contributed by atoms with van der Waals surface area (Å²) >= 11 is 0. The fourth-order valence-corrected chi connectivity index (χ4v) is 4.71. The van der Waals surface area contributed by atoms with E-state index in [1.54, 1.807) is 54.6 Å². The van der Waals surface area contributed by atoms with Gasteiger partial charge in [0.2, 0.25) is 11.5 Å². The Morgan fingerprint density at radius 2 is 1.26 bits per heavy atom. The molecule has 0 amide bonds. The molecule has 0 aliphatic heterocycles. The maximum absolute atomic E-state index is 13.5. The molecule has 1 heterocycles. The Labute approximate surface area is 202 Å². The van der Waals surface area contributed by atoms with Crippen molar-refractivity contribution >= 4 is 33.0 Å². The number of aromatic nitrogens is 1. The highest BCUT2D eigenvalue weighted by atomic mass is 32.2. The van der Waals surface area contributed by atoms with Gasteiger partial charge in [0.15, 0.2) is 18.1 Å². The first-order chi connectivity index (χ1) is 16.9. The van der Waals surface area contributed by atoms with Gasteiger partial charge in [-0.05, 0) is 35.6 Å². The summed E-state index contributed by atoms with van der Waals surface area (Å²) in [5, 5.41) is 13.5. The Morgan fingerprint density at radius 3 is 1.91 bits per heavy atom. The molecule has 0 atom stereocenters. The number of ketones is 1. The van der Waals surface area contributed by atoms with Crippen molar-refractivity contribution in [2.24, 2.45) is 4.40 Å². The van der Waals surface area contributed by atoms with Crippen molar-refractivity contribution in [3.63, 3.8) is 0 Å². The van der Waals surface area contributed by atoms with Gasteiger partial charge < -0.3 is 9.84 Å². The van der Waals surface area contributed by atoms with E-state index in [9.17, 15) is 18.3 Å². The maximum atomic E-state index is 13.5. The van der Waals surface area contributed by atoms with Gasteiger partial charge in [-0.3, -0.25) is 4.79 Å². The van der Waals surface area contributed by atoms with E-state index in [1.165, 1.54) is 41.2 Å². The molecule has 4 aromatic rings. The molecule has 5 rings (SSSR count). The number of pyridine rings is 1. The zero-order chi connectivity index (χ0) is 24.4. The minimum atomic E-state index is -4.25. The minimum Gasteiger partial charge on any atom is -0.867 e. The number of sulfonamides is 1. The highest BCUT2D eigenvalue weighted by molar-refractivity contribution is 7.90. The zero-order valence-electron chi connectivity index (χ0n) is 18.2. The van der Waals surface area contributed by atoms with E-state index in [1.807, 2.05) is 18.2 Å². The molecule has 3 aromatic carbocycles. The molecule has 35 heavy (non-hydrogen) atoms. The topological polar surface area (TPSA) is 99.7 Å². The summed E-state index contributed by atoms with van der Waals surface area (Å²) in [6, 6.07) is 26.2. The maximum Gasteiger partial charge on any atom is 0.283 e. The number of rotatable bonds is 5. The lowest BCUT2D eigenvalue weighted by Crippen LogP contribution is -2.43. The number of fused-ring (bicyclic) bond motifs is 1. The van der Waals surface area contributed by atoms with Crippen LogP contribution in [0.4, 0.5) is 0 Å². The summed E-state index contributed by atoms with van der Waals surface area (Å²) in [5.74, 6) is -0.0267.